The van der Waals surface area contributed by atoms with Crippen LogP contribution in [-0.2, 0) is 13.7 Å². The lowest BCUT2D eigenvalue weighted by Crippen LogP contribution is -2.41. The van der Waals surface area contributed by atoms with Gasteiger partial charge in [-0.3, -0.25) is 28.4 Å². The molecule has 0 amide bonds. The summed E-state index contributed by atoms with van der Waals surface area (Å²) in [4.78, 5) is 37.8. The van der Waals surface area contributed by atoms with E-state index in [9.17, 15) is 28.4 Å². The van der Waals surface area contributed by atoms with E-state index >= 15 is 0 Å². The third-order valence-electron chi connectivity index (χ3n) is 6.67. The summed E-state index contributed by atoms with van der Waals surface area (Å²) < 4.78 is 39.3. The van der Waals surface area contributed by atoms with Crippen molar-refractivity contribution in [1.29, 1.82) is 0 Å². The van der Waals surface area contributed by atoms with Crippen LogP contribution in [0.4, 0.5) is 0 Å². The molecule has 9 nitrogen and oxygen atoms in total. The van der Waals surface area contributed by atoms with Crippen molar-refractivity contribution in [2.24, 2.45) is 0 Å². The van der Waals surface area contributed by atoms with Gasteiger partial charge in [-0.25, -0.2) is 0 Å². The Balaban J connectivity index is 1.69. The number of benzene rings is 3. The molecule has 12 heteroatoms. The third-order valence-corrected chi connectivity index (χ3v) is 12.4. The molecule has 3 unspecified atom stereocenters. The number of likely N-dealkylation sites (N-methyl/N-ethyl adjacent to an activating group) is 2. The van der Waals surface area contributed by atoms with E-state index in [0.717, 1.165) is 0 Å². The number of hydrogen-bond acceptors (Lipinski definition) is 6. The van der Waals surface area contributed by atoms with Crippen LogP contribution in [0.5, 0.6) is 0 Å². The molecular formula is C28H40N3O6P3. The summed E-state index contributed by atoms with van der Waals surface area (Å²) in [6.45, 7) is 3.99. The van der Waals surface area contributed by atoms with Crippen molar-refractivity contribution in [1.82, 2.24) is 14.7 Å². The zero-order chi connectivity index (χ0) is 29.2. The smallest absolute Gasteiger partial charge is 0.243 e. The van der Waals surface area contributed by atoms with Crippen molar-refractivity contribution >= 4 is 38.0 Å². The van der Waals surface area contributed by atoms with Crippen molar-refractivity contribution < 1.29 is 28.4 Å². The lowest BCUT2D eigenvalue weighted by molar-refractivity contribution is 0.217. The molecule has 3 rings (SSSR count). The maximum absolute atomic E-state index is 13.3. The molecular weight excluding hydrogens is 567 g/mol. The Morgan fingerprint density at radius 2 is 0.850 bits per heavy atom. The molecule has 0 aliphatic rings. The van der Waals surface area contributed by atoms with E-state index < -0.39 is 22.1 Å². The van der Waals surface area contributed by atoms with Crippen LogP contribution >= 0.6 is 22.1 Å². The van der Waals surface area contributed by atoms with E-state index in [1.54, 1.807) is 103 Å². The Labute approximate surface area is 237 Å². The minimum absolute atomic E-state index is 0.0263. The topological polar surface area (TPSA) is 122 Å². The second kappa shape index (κ2) is 14.8. The number of nitrogens with zero attached hydrogens (tertiary/aromatic N) is 3. The zero-order valence-electron chi connectivity index (χ0n) is 23.1. The molecule has 0 radical (unpaired) electrons. The molecule has 0 saturated heterocycles. The summed E-state index contributed by atoms with van der Waals surface area (Å²) in [5, 5.41) is 1.13. The van der Waals surface area contributed by atoms with Crippen LogP contribution in [0.3, 0.4) is 0 Å². The minimum Gasteiger partial charge on any atom is -0.340 e. The van der Waals surface area contributed by atoms with E-state index in [0.29, 0.717) is 48.6 Å². The SMILES string of the molecule is CCN(CCN(CCN(C)CP(=O)(O)c1ccccc1)CP(=O)(O)c1ccccc1)CP(=O)(O)c1ccccc1. The van der Waals surface area contributed by atoms with Gasteiger partial charge >= 0.3 is 0 Å². The molecule has 3 atom stereocenters. The van der Waals surface area contributed by atoms with Crippen LogP contribution in [0.1, 0.15) is 6.92 Å². The fourth-order valence-corrected chi connectivity index (χ4v) is 9.25. The summed E-state index contributed by atoms with van der Waals surface area (Å²) >= 11 is 0. The molecule has 0 fully saturated rings. The first-order valence-electron chi connectivity index (χ1n) is 13.2. The van der Waals surface area contributed by atoms with Gasteiger partial charge in [0, 0.05) is 42.1 Å². The predicted octanol–water partition coefficient (Wildman–Crippen LogP) is 3.20. The molecule has 0 spiro atoms. The Morgan fingerprint density at radius 1 is 0.525 bits per heavy atom. The molecule has 0 aromatic heterocycles. The highest BCUT2D eigenvalue weighted by atomic mass is 31.2. The standard InChI is InChI=1S/C28H40N3O6P3/c1-3-30(24-39(34,35)27-15-9-5-10-16-27)21-22-31(25-40(36,37)28-17-11-6-12-18-28)20-19-29(2)23-38(32,33)26-13-7-4-8-14-26/h4-18H,3,19-25H2,1-2H3,(H,32,33)(H,34,35)(H,36,37). The van der Waals surface area contributed by atoms with E-state index in [2.05, 4.69) is 0 Å². The van der Waals surface area contributed by atoms with Crippen molar-refractivity contribution in [2.45, 2.75) is 6.92 Å². The Hall–Kier alpha value is -1.89. The Bertz CT molecular complexity index is 1330. The fraction of sp³-hybridized carbons (Fsp3) is 0.357. The molecule has 0 heterocycles. The van der Waals surface area contributed by atoms with Crippen molar-refractivity contribution in [3.05, 3.63) is 91.0 Å². The van der Waals surface area contributed by atoms with Gasteiger partial charge in [0.15, 0.2) is 0 Å². The normalized spacial score (nSPS) is 16.5. The summed E-state index contributed by atoms with van der Waals surface area (Å²) in [5.41, 5.74) is 0. The highest BCUT2D eigenvalue weighted by Crippen LogP contribution is 2.42. The molecule has 3 aromatic rings. The summed E-state index contributed by atoms with van der Waals surface area (Å²) in [7, 11) is -9.19. The van der Waals surface area contributed by atoms with Crippen molar-refractivity contribution in [3.63, 3.8) is 0 Å². The third kappa shape index (κ3) is 9.88. The highest BCUT2D eigenvalue weighted by molar-refractivity contribution is 7.66. The van der Waals surface area contributed by atoms with Crippen LogP contribution in [-0.4, -0.2) is 88.0 Å². The molecule has 3 N–H and O–H groups in total. The monoisotopic (exact) mass is 607 g/mol. The van der Waals surface area contributed by atoms with E-state index in [4.69, 9.17) is 0 Å². The molecule has 0 bridgehead atoms. The predicted molar refractivity (Wildman–Crippen MR) is 164 cm³/mol. The van der Waals surface area contributed by atoms with Gasteiger partial charge in [0.05, 0.1) is 18.9 Å². The molecule has 218 valence electrons. The molecule has 0 aliphatic carbocycles. The summed E-state index contributed by atoms with van der Waals surface area (Å²) in [6, 6.07) is 25.6. The first kappa shape index (κ1) is 32.6. The van der Waals surface area contributed by atoms with Gasteiger partial charge in [0.25, 0.3) is 0 Å². The lowest BCUT2D eigenvalue weighted by Gasteiger charge is -2.31. The quantitative estimate of drug-likeness (QED) is 0.211. The van der Waals surface area contributed by atoms with Gasteiger partial charge in [-0.1, -0.05) is 61.5 Å². The molecule has 0 saturated carbocycles. The van der Waals surface area contributed by atoms with Gasteiger partial charge < -0.3 is 14.7 Å². The first-order chi connectivity index (χ1) is 18.9. The second-order valence-electron chi connectivity index (χ2n) is 9.94. The van der Waals surface area contributed by atoms with Gasteiger partial charge in [-0.05, 0) is 50.0 Å². The number of rotatable bonds is 16. The largest absolute Gasteiger partial charge is 0.340 e. The van der Waals surface area contributed by atoms with Gasteiger partial charge in [0.2, 0.25) is 22.1 Å². The summed E-state index contributed by atoms with van der Waals surface area (Å²) in [6.07, 6.45) is -0.180. The highest BCUT2D eigenvalue weighted by Gasteiger charge is 2.28. The molecule has 0 aliphatic heterocycles. The minimum atomic E-state index is -3.73. The number of hydrogen-bond donors (Lipinski definition) is 3. The maximum atomic E-state index is 13.3. The van der Waals surface area contributed by atoms with Crippen LogP contribution < -0.4 is 15.9 Å². The summed E-state index contributed by atoms with van der Waals surface area (Å²) in [5.74, 6) is 0. The lowest BCUT2D eigenvalue weighted by atomic mass is 10.4. The van der Waals surface area contributed by atoms with Crippen LogP contribution in [0, 0.1) is 0 Å². The van der Waals surface area contributed by atoms with Crippen LogP contribution in [0.2, 0.25) is 0 Å². The van der Waals surface area contributed by atoms with Crippen molar-refractivity contribution in [2.75, 3.05) is 58.6 Å². The second-order valence-corrected chi connectivity index (χ2v) is 16.6. The van der Waals surface area contributed by atoms with Gasteiger partial charge in [-0.15, -0.1) is 0 Å². The molecule has 3 aromatic carbocycles. The fourth-order valence-electron chi connectivity index (χ4n) is 4.34. The van der Waals surface area contributed by atoms with E-state index in [1.807, 2.05) is 16.7 Å². The van der Waals surface area contributed by atoms with Gasteiger partial charge in [-0.2, -0.15) is 0 Å². The van der Waals surface area contributed by atoms with Crippen LogP contribution in [0.25, 0.3) is 0 Å². The van der Waals surface area contributed by atoms with E-state index in [-0.39, 0.29) is 18.9 Å². The molecule has 40 heavy (non-hydrogen) atoms. The first-order valence-corrected chi connectivity index (χ1v) is 18.7. The van der Waals surface area contributed by atoms with Crippen molar-refractivity contribution in [3.8, 4) is 0 Å². The Kier molecular flexibility index (Phi) is 12.1. The van der Waals surface area contributed by atoms with E-state index in [1.165, 1.54) is 0 Å². The van der Waals surface area contributed by atoms with Gasteiger partial charge in [0.1, 0.15) is 0 Å². The Morgan fingerprint density at radius 3 is 1.25 bits per heavy atom. The van der Waals surface area contributed by atoms with Crippen LogP contribution in [0.15, 0.2) is 91.0 Å². The average molecular weight is 608 g/mol. The maximum Gasteiger partial charge on any atom is 0.243 e. The average Bonchev–Trinajstić information content (AvgIpc) is 2.94. The zero-order valence-corrected chi connectivity index (χ0v) is 25.8.